The zero-order valence-corrected chi connectivity index (χ0v) is 14.0. The van der Waals surface area contributed by atoms with Gasteiger partial charge in [-0.15, -0.1) is 0 Å². The van der Waals surface area contributed by atoms with E-state index >= 15 is 0 Å². The molecule has 0 unspecified atom stereocenters. The fraction of sp³-hybridized carbons (Fsp3) is 0.500. The van der Waals surface area contributed by atoms with Crippen molar-refractivity contribution in [2.75, 3.05) is 31.2 Å². The van der Waals surface area contributed by atoms with Gasteiger partial charge in [0.05, 0.1) is 17.4 Å². The number of nitrogens with zero attached hydrogens (tertiary/aromatic N) is 1. The van der Waals surface area contributed by atoms with E-state index in [1.54, 1.807) is 29.2 Å². The van der Waals surface area contributed by atoms with Crippen molar-refractivity contribution in [2.24, 2.45) is 0 Å². The van der Waals surface area contributed by atoms with Crippen molar-refractivity contribution in [3.8, 4) is 0 Å². The van der Waals surface area contributed by atoms with Gasteiger partial charge in [0.1, 0.15) is 0 Å². The number of benzene rings is 1. The van der Waals surface area contributed by atoms with E-state index in [1.165, 1.54) is 0 Å². The lowest BCUT2D eigenvalue weighted by Gasteiger charge is -2.18. The van der Waals surface area contributed by atoms with Crippen LogP contribution in [-0.4, -0.2) is 50.2 Å². The molecule has 0 saturated carbocycles. The molecular weight excluding hydrogens is 324 g/mol. The number of carbonyl (C=O) groups is 3. The Labute approximate surface area is 146 Å². The number of hydrogen-bond acceptors (Lipinski definition) is 5. The van der Waals surface area contributed by atoms with Crippen LogP contribution in [0.4, 0.5) is 5.69 Å². The number of ether oxygens (including phenoxy) is 2. The smallest absolute Gasteiger partial charge is 0.340 e. The minimum absolute atomic E-state index is 0.00504. The second-order valence-electron chi connectivity index (χ2n) is 6.18. The number of hydrogen-bond donors (Lipinski definition) is 1. The highest BCUT2D eigenvalue weighted by atomic mass is 16.5. The second-order valence-corrected chi connectivity index (χ2v) is 6.18. The zero-order valence-electron chi connectivity index (χ0n) is 14.0. The number of nitrogens with one attached hydrogen (secondary N) is 1. The molecule has 0 spiro atoms. The Morgan fingerprint density at radius 3 is 2.84 bits per heavy atom. The van der Waals surface area contributed by atoms with E-state index in [1.807, 2.05) is 0 Å². The van der Waals surface area contributed by atoms with Gasteiger partial charge in [-0.3, -0.25) is 9.59 Å². The maximum absolute atomic E-state index is 12.3. The Morgan fingerprint density at radius 1 is 1.28 bits per heavy atom. The van der Waals surface area contributed by atoms with Gasteiger partial charge >= 0.3 is 5.97 Å². The molecule has 2 amide bonds. The van der Waals surface area contributed by atoms with Gasteiger partial charge in [0.2, 0.25) is 5.91 Å². The highest BCUT2D eigenvalue weighted by molar-refractivity contribution is 6.03. The lowest BCUT2D eigenvalue weighted by molar-refractivity contribution is -0.124. The molecule has 7 nitrogen and oxygen atoms in total. The highest BCUT2D eigenvalue weighted by Gasteiger charge is 2.26. The molecule has 2 aliphatic rings. The summed E-state index contributed by atoms with van der Waals surface area (Å²) in [6, 6.07) is 6.80. The summed E-state index contributed by atoms with van der Waals surface area (Å²) in [7, 11) is 0. The first-order valence-electron chi connectivity index (χ1n) is 8.60. The van der Waals surface area contributed by atoms with E-state index in [-0.39, 0.29) is 24.5 Å². The van der Waals surface area contributed by atoms with Crippen molar-refractivity contribution in [1.82, 2.24) is 5.32 Å². The summed E-state index contributed by atoms with van der Waals surface area (Å²) in [5.41, 5.74) is 0.833. The first-order valence-corrected chi connectivity index (χ1v) is 8.60. The molecule has 0 bridgehead atoms. The van der Waals surface area contributed by atoms with Crippen molar-refractivity contribution in [2.45, 2.75) is 31.8 Å². The third kappa shape index (κ3) is 4.36. The summed E-state index contributed by atoms with van der Waals surface area (Å²) >= 11 is 0. The van der Waals surface area contributed by atoms with Crippen LogP contribution in [0.15, 0.2) is 24.3 Å². The maximum atomic E-state index is 12.3. The van der Waals surface area contributed by atoms with Gasteiger partial charge in [-0.1, -0.05) is 12.1 Å². The molecule has 1 atom stereocenters. The molecule has 1 N–H and O–H groups in total. The molecular formula is C18H22N2O5. The van der Waals surface area contributed by atoms with Gasteiger partial charge in [-0.05, 0) is 31.4 Å². The average Bonchev–Trinajstić information content (AvgIpc) is 3.29. The molecule has 1 aromatic carbocycles. The molecule has 3 rings (SSSR count). The minimum atomic E-state index is -0.609. The third-order valence-corrected chi connectivity index (χ3v) is 4.37. The number of amides is 2. The first-order chi connectivity index (χ1) is 12.1. The van der Waals surface area contributed by atoms with Crippen LogP contribution in [0.3, 0.4) is 0 Å². The number of rotatable bonds is 6. The monoisotopic (exact) mass is 346 g/mol. The van der Waals surface area contributed by atoms with E-state index in [4.69, 9.17) is 9.47 Å². The molecule has 2 heterocycles. The normalized spacial score (nSPS) is 19.9. The summed E-state index contributed by atoms with van der Waals surface area (Å²) in [5.74, 6) is -0.976. The number of para-hydroxylation sites is 1. The fourth-order valence-corrected chi connectivity index (χ4v) is 3.08. The van der Waals surface area contributed by atoms with Crippen LogP contribution in [0.5, 0.6) is 0 Å². The van der Waals surface area contributed by atoms with E-state index in [0.717, 1.165) is 25.9 Å². The predicted molar refractivity (Wildman–Crippen MR) is 90.3 cm³/mol. The Bertz CT molecular complexity index is 655. The van der Waals surface area contributed by atoms with Gasteiger partial charge in [0.25, 0.3) is 5.91 Å². The fourth-order valence-electron chi connectivity index (χ4n) is 3.08. The molecule has 2 saturated heterocycles. The largest absolute Gasteiger partial charge is 0.452 e. The first kappa shape index (κ1) is 17.4. The molecule has 1 aromatic rings. The van der Waals surface area contributed by atoms with E-state index < -0.39 is 5.97 Å². The summed E-state index contributed by atoms with van der Waals surface area (Å²) < 4.78 is 10.5. The Morgan fingerprint density at radius 2 is 2.12 bits per heavy atom. The second kappa shape index (κ2) is 8.11. The Hall–Kier alpha value is -2.41. The van der Waals surface area contributed by atoms with Crippen LogP contribution in [0.1, 0.15) is 36.0 Å². The van der Waals surface area contributed by atoms with Crippen molar-refractivity contribution < 1.29 is 23.9 Å². The summed E-state index contributed by atoms with van der Waals surface area (Å²) in [4.78, 5) is 37.7. The van der Waals surface area contributed by atoms with Crippen molar-refractivity contribution in [1.29, 1.82) is 0 Å². The molecule has 0 aromatic heterocycles. The molecule has 25 heavy (non-hydrogen) atoms. The molecule has 7 heteroatoms. The lowest BCUT2D eigenvalue weighted by atomic mass is 10.1. The number of anilines is 1. The van der Waals surface area contributed by atoms with Gasteiger partial charge in [0.15, 0.2) is 6.61 Å². The summed E-state index contributed by atoms with van der Waals surface area (Å²) in [5, 5.41) is 2.70. The zero-order chi connectivity index (χ0) is 17.6. The summed E-state index contributed by atoms with van der Waals surface area (Å²) in [6.45, 7) is 1.38. The van der Waals surface area contributed by atoms with Crippen LogP contribution in [-0.2, 0) is 19.1 Å². The van der Waals surface area contributed by atoms with Crippen molar-refractivity contribution >= 4 is 23.5 Å². The summed E-state index contributed by atoms with van der Waals surface area (Å²) in [6.07, 6.45) is 3.23. The van der Waals surface area contributed by atoms with E-state index in [9.17, 15) is 14.4 Å². The third-order valence-electron chi connectivity index (χ3n) is 4.37. The van der Waals surface area contributed by atoms with Gasteiger partial charge in [-0.2, -0.15) is 0 Å². The molecule has 0 aliphatic carbocycles. The van der Waals surface area contributed by atoms with Crippen molar-refractivity contribution in [3.05, 3.63) is 29.8 Å². The van der Waals surface area contributed by atoms with Gasteiger partial charge in [0, 0.05) is 26.1 Å². The predicted octanol–water partition coefficient (Wildman–Crippen LogP) is 1.27. The molecule has 0 radical (unpaired) electrons. The standard InChI is InChI=1S/C18H22N2O5/c21-16(19-11-13-5-4-10-24-13)12-25-18(23)14-6-1-2-7-15(14)20-9-3-8-17(20)22/h1-2,6-7,13H,3-5,8-12H2,(H,19,21)/t13-/m1/s1. The molecule has 2 aliphatic heterocycles. The van der Waals surface area contributed by atoms with Crippen LogP contribution in [0.2, 0.25) is 0 Å². The quantitative estimate of drug-likeness (QED) is 0.784. The van der Waals surface area contributed by atoms with Crippen LogP contribution in [0, 0.1) is 0 Å². The van der Waals surface area contributed by atoms with Gasteiger partial charge in [-0.25, -0.2) is 4.79 Å². The number of carbonyl (C=O) groups excluding carboxylic acids is 3. The van der Waals surface area contributed by atoms with E-state index in [0.29, 0.717) is 30.8 Å². The molecule has 2 fully saturated rings. The lowest BCUT2D eigenvalue weighted by Crippen LogP contribution is -2.35. The Balaban J connectivity index is 1.54. The van der Waals surface area contributed by atoms with Crippen LogP contribution in [0.25, 0.3) is 0 Å². The number of esters is 1. The molecule has 134 valence electrons. The van der Waals surface area contributed by atoms with Gasteiger partial charge < -0.3 is 19.7 Å². The maximum Gasteiger partial charge on any atom is 0.340 e. The topological polar surface area (TPSA) is 84.9 Å². The minimum Gasteiger partial charge on any atom is -0.452 e. The van der Waals surface area contributed by atoms with Crippen molar-refractivity contribution in [3.63, 3.8) is 0 Å². The Kier molecular flexibility index (Phi) is 5.65. The van der Waals surface area contributed by atoms with E-state index in [2.05, 4.69) is 5.32 Å². The average molecular weight is 346 g/mol. The van der Waals surface area contributed by atoms with Crippen LogP contribution >= 0.6 is 0 Å². The SMILES string of the molecule is O=C(COC(=O)c1ccccc1N1CCCC1=O)NC[C@H]1CCCO1. The highest BCUT2D eigenvalue weighted by Crippen LogP contribution is 2.25. The van der Waals surface area contributed by atoms with Crippen LogP contribution < -0.4 is 10.2 Å².